The summed E-state index contributed by atoms with van der Waals surface area (Å²) in [6.45, 7) is 3.71. The maximum Gasteiger partial charge on any atom is 0.319 e. The zero-order valence-electron chi connectivity index (χ0n) is 16.4. The van der Waals surface area contributed by atoms with Crippen LogP contribution in [0.3, 0.4) is 0 Å². The first kappa shape index (κ1) is 21.8. The topological polar surface area (TPSA) is 127 Å². The molecule has 2 aromatic carbocycles. The number of urea groups is 1. The summed E-state index contributed by atoms with van der Waals surface area (Å²) in [5.41, 5.74) is 2.34. The summed E-state index contributed by atoms with van der Waals surface area (Å²) in [5, 5.41) is 11.4. The third-order valence-electron chi connectivity index (χ3n) is 4.25. The van der Waals surface area contributed by atoms with Gasteiger partial charge in [-0.2, -0.15) is 0 Å². The van der Waals surface area contributed by atoms with Crippen molar-refractivity contribution < 1.29 is 13.2 Å². The van der Waals surface area contributed by atoms with Gasteiger partial charge in [0.05, 0.1) is 10.9 Å². The number of anilines is 1. The molecular weight excluding hydrogens is 422 g/mol. The van der Waals surface area contributed by atoms with Crippen LogP contribution in [0.25, 0.3) is 0 Å². The fourth-order valence-corrected chi connectivity index (χ4v) is 3.99. The third-order valence-corrected chi connectivity index (χ3v) is 6.07. The lowest BCUT2D eigenvalue weighted by Gasteiger charge is -2.16. The van der Waals surface area contributed by atoms with Crippen molar-refractivity contribution in [2.45, 2.75) is 34.8 Å². The van der Waals surface area contributed by atoms with E-state index in [0.29, 0.717) is 10.8 Å². The first-order chi connectivity index (χ1) is 14.2. The smallest absolute Gasteiger partial charge is 0.319 e. The van der Waals surface area contributed by atoms with E-state index in [1.54, 1.807) is 37.5 Å². The molecule has 0 aliphatic carbocycles. The van der Waals surface area contributed by atoms with Gasteiger partial charge in [0, 0.05) is 23.0 Å². The van der Waals surface area contributed by atoms with Crippen LogP contribution in [-0.4, -0.2) is 24.4 Å². The number of sulfonamides is 1. The number of hydrogen-bond acceptors (Lipinski definition) is 6. The Balaban J connectivity index is 1.61. The van der Waals surface area contributed by atoms with Crippen molar-refractivity contribution in [2.75, 3.05) is 5.32 Å². The number of primary sulfonamides is 1. The van der Waals surface area contributed by atoms with Gasteiger partial charge < -0.3 is 10.6 Å². The Kier molecular flexibility index (Phi) is 6.70. The van der Waals surface area contributed by atoms with Crippen LogP contribution in [0.15, 0.2) is 75.9 Å². The summed E-state index contributed by atoms with van der Waals surface area (Å²) in [6, 6.07) is 12.8. The Hall–Kier alpha value is -2.95. The highest BCUT2D eigenvalue weighted by molar-refractivity contribution is 7.99. The van der Waals surface area contributed by atoms with Gasteiger partial charge in [-0.3, -0.25) is 0 Å². The Labute approximate surface area is 179 Å². The average molecular weight is 444 g/mol. The van der Waals surface area contributed by atoms with E-state index in [0.717, 1.165) is 16.0 Å². The highest BCUT2D eigenvalue weighted by Gasteiger charge is 2.13. The summed E-state index contributed by atoms with van der Waals surface area (Å²) in [5.74, 6) is 0. The van der Waals surface area contributed by atoms with Crippen molar-refractivity contribution in [3.63, 3.8) is 0 Å². The second kappa shape index (κ2) is 9.24. The van der Waals surface area contributed by atoms with Crippen LogP contribution in [0.5, 0.6) is 0 Å². The molecule has 0 aliphatic rings. The summed E-state index contributed by atoms with van der Waals surface area (Å²) < 4.78 is 22.7. The van der Waals surface area contributed by atoms with Crippen molar-refractivity contribution in [1.82, 2.24) is 15.3 Å². The first-order valence-corrected chi connectivity index (χ1v) is 11.3. The van der Waals surface area contributed by atoms with E-state index in [-0.39, 0.29) is 17.0 Å². The number of nitrogens with two attached hydrogens (primary N) is 1. The maximum atomic E-state index is 12.4. The molecule has 1 heterocycles. The summed E-state index contributed by atoms with van der Waals surface area (Å²) >= 11 is 1.44. The van der Waals surface area contributed by atoms with Crippen molar-refractivity contribution >= 4 is 33.5 Å². The molecule has 1 aromatic heterocycles. The van der Waals surface area contributed by atoms with Crippen LogP contribution < -0.4 is 15.8 Å². The van der Waals surface area contributed by atoms with Gasteiger partial charge in [-0.15, -0.1) is 0 Å². The first-order valence-electron chi connectivity index (χ1n) is 8.98. The van der Waals surface area contributed by atoms with Gasteiger partial charge in [0.1, 0.15) is 0 Å². The molecule has 3 rings (SSSR count). The highest BCUT2D eigenvalue weighted by Crippen LogP contribution is 2.28. The SMILES string of the molecule is Cc1cc(Sc2ncccn2)ccc1NC(=O)NC(C)c1ccc(S(N)(=O)=O)cc1. The Morgan fingerprint density at radius 3 is 2.37 bits per heavy atom. The molecule has 0 spiro atoms. The van der Waals surface area contributed by atoms with Gasteiger partial charge in [0.25, 0.3) is 0 Å². The highest BCUT2D eigenvalue weighted by atomic mass is 32.2. The number of amides is 2. The molecule has 30 heavy (non-hydrogen) atoms. The number of aryl methyl sites for hydroxylation is 1. The predicted octanol–water partition coefficient (Wildman–Crippen LogP) is 3.47. The number of benzene rings is 2. The van der Waals surface area contributed by atoms with Crippen LogP contribution in [0.4, 0.5) is 10.5 Å². The van der Waals surface area contributed by atoms with E-state index in [4.69, 9.17) is 5.14 Å². The molecule has 1 atom stereocenters. The fraction of sp³-hybridized carbons (Fsp3) is 0.150. The number of nitrogens with zero attached hydrogens (tertiary/aromatic N) is 2. The lowest BCUT2D eigenvalue weighted by molar-refractivity contribution is 0.249. The Morgan fingerprint density at radius 1 is 1.10 bits per heavy atom. The zero-order valence-corrected chi connectivity index (χ0v) is 18.0. The van der Waals surface area contributed by atoms with E-state index in [1.165, 1.54) is 23.9 Å². The van der Waals surface area contributed by atoms with E-state index in [9.17, 15) is 13.2 Å². The van der Waals surface area contributed by atoms with Gasteiger partial charge in [-0.05, 0) is 73.1 Å². The summed E-state index contributed by atoms with van der Waals surface area (Å²) in [7, 11) is -3.75. The molecule has 2 amide bonds. The van der Waals surface area contributed by atoms with Crippen molar-refractivity contribution in [3.8, 4) is 0 Å². The van der Waals surface area contributed by atoms with Gasteiger partial charge in [0.15, 0.2) is 5.16 Å². The number of carbonyl (C=O) groups excluding carboxylic acids is 1. The van der Waals surface area contributed by atoms with Gasteiger partial charge >= 0.3 is 6.03 Å². The van der Waals surface area contributed by atoms with Crippen LogP contribution in [-0.2, 0) is 10.0 Å². The van der Waals surface area contributed by atoms with E-state index >= 15 is 0 Å². The van der Waals surface area contributed by atoms with Crippen molar-refractivity contribution in [2.24, 2.45) is 5.14 Å². The number of aromatic nitrogens is 2. The normalized spacial score (nSPS) is 12.2. The Morgan fingerprint density at radius 2 is 1.77 bits per heavy atom. The van der Waals surface area contributed by atoms with E-state index in [2.05, 4.69) is 20.6 Å². The third kappa shape index (κ3) is 5.78. The van der Waals surface area contributed by atoms with Crippen LogP contribution in [0.2, 0.25) is 0 Å². The molecule has 1 unspecified atom stereocenters. The average Bonchev–Trinajstić information content (AvgIpc) is 2.70. The second-order valence-corrected chi connectivity index (χ2v) is 9.15. The van der Waals surface area contributed by atoms with Crippen LogP contribution in [0.1, 0.15) is 24.1 Å². The van der Waals surface area contributed by atoms with Crippen LogP contribution in [0, 0.1) is 6.92 Å². The number of rotatable bonds is 6. The van der Waals surface area contributed by atoms with Gasteiger partial charge in [-0.1, -0.05) is 12.1 Å². The quantitative estimate of drug-likeness (QED) is 0.501. The lowest BCUT2D eigenvalue weighted by atomic mass is 10.1. The van der Waals surface area contributed by atoms with Crippen LogP contribution >= 0.6 is 11.8 Å². The van der Waals surface area contributed by atoms with Crippen molar-refractivity contribution in [1.29, 1.82) is 0 Å². The minimum Gasteiger partial charge on any atom is -0.331 e. The zero-order chi connectivity index (χ0) is 21.7. The molecule has 156 valence electrons. The number of carbonyl (C=O) groups is 1. The fourth-order valence-electron chi connectivity index (χ4n) is 2.67. The van der Waals surface area contributed by atoms with E-state index < -0.39 is 10.0 Å². The monoisotopic (exact) mass is 443 g/mol. The largest absolute Gasteiger partial charge is 0.331 e. The predicted molar refractivity (Wildman–Crippen MR) is 116 cm³/mol. The standard InChI is InChI=1S/C20H21N5O3S2/c1-13-12-16(29-20-22-10-3-11-23-20)6-9-18(13)25-19(26)24-14(2)15-4-7-17(8-5-15)30(21,27)28/h3-12,14H,1-2H3,(H2,21,27,28)(H2,24,25,26). The second-order valence-electron chi connectivity index (χ2n) is 6.54. The van der Waals surface area contributed by atoms with Gasteiger partial charge in [-0.25, -0.2) is 28.3 Å². The molecule has 0 saturated heterocycles. The molecule has 4 N–H and O–H groups in total. The number of hydrogen-bond donors (Lipinski definition) is 3. The summed E-state index contributed by atoms with van der Waals surface area (Å²) in [6.07, 6.45) is 3.37. The molecular formula is C20H21N5O3S2. The number of nitrogens with one attached hydrogen (secondary N) is 2. The van der Waals surface area contributed by atoms with Crippen molar-refractivity contribution in [3.05, 3.63) is 72.1 Å². The lowest BCUT2D eigenvalue weighted by Crippen LogP contribution is -2.31. The molecule has 8 nitrogen and oxygen atoms in total. The van der Waals surface area contributed by atoms with E-state index in [1.807, 2.05) is 25.1 Å². The molecule has 0 saturated carbocycles. The molecule has 0 fully saturated rings. The molecule has 0 aliphatic heterocycles. The molecule has 3 aromatic rings. The van der Waals surface area contributed by atoms with Gasteiger partial charge in [0.2, 0.25) is 10.0 Å². The Bertz CT molecular complexity index is 1140. The minimum absolute atomic E-state index is 0.0254. The minimum atomic E-state index is -3.75. The molecule has 10 heteroatoms. The summed E-state index contributed by atoms with van der Waals surface area (Å²) in [4.78, 5) is 21.8. The molecule has 0 radical (unpaired) electrons. The maximum absolute atomic E-state index is 12.4. The molecule has 0 bridgehead atoms.